The Labute approximate surface area is 137 Å². The Morgan fingerprint density at radius 1 is 1.04 bits per heavy atom. The van der Waals surface area contributed by atoms with Gasteiger partial charge >= 0.3 is 0 Å². The highest BCUT2D eigenvalue weighted by Crippen LogP contribution is 2.44. The van der Waals surface area contributed by atoms with Crippen molar-refractivity contribution in [3.05, 3.63) is 64.3 Å². The Kier molecular flexibility index (Phi) is 4.58. The van der Waals surface area contributed by atoms with Gasteiger partial charge in [-0.3, -0.25) is 0 Å². The Balaban J connectivity index is 1.88. The van der Waals surface area contributed by atoms with Crippen LogP contribution in [0.15, 0.2) is 30.3 Å². The summed E-state index contributed by atoms with van der Waals surface area (Å²) in [6.07, 6.45) is 2.30. The van der Waals surface area contributed by atoms with Crippen LogP contribution < -0.4 is 9.47 Å². The maximum absolute atomic E-state index is 9.14. The minimum absolute atomic E-state index is 0.123. The molecule has 0 fully saturated rings. The van der Waals surface area contributed by atoms with Crippen LogP contribution in [0.2, 0.25) is 0 Å². The molecule has 0 aliphatic carbocycles. The molecule has 0 saturated heterocycles. The van der Waals surface area contributed by atoms with Gasteiger partial charge in [0.1, 0.15) is 18.1 Å². The third kappa shape index (κ3) is 3.06. The average Bonchev–Trinajstić information content (AvgIpc) is 2.98. The van der Waals surface area contributed by atoms with Gasteiger partial charge in [-0.05, 0) is 43.0 Å². The summed E-state index contributed by atoms with van der Waals surface area (Å²) >= 11 is 0. The van der Waals surface area contributed by atoms with E-state index in [1.165, 1.54) is 5.56 Å². The number of fused-ring (bicyclic) bond motifs is 1. The second-order valence-electron chi connectivity index (χ2n) is 6.08. The maximum Gasteiger partial charge on any atom is 0.155 e. The Bertz CT molecular complexity index is 692. The minimum atomic E-state index is 0.123. The number of benzene rings is 2. The average molecular weight is 311 g/mol. The van der Waals surface area contributed by atoms with Crippen molar-refractivity contribution in [3.8, 4) is 11.5 Å². The SMILES string of the molecule is Cc1c(C)c2c(c(C)c1OCc1ccccc1)C[C](CCO)O2. The molecule has 1 heterocycles. The molecule has 0 atom stereocenters. The molecule has 2 aromatic carbocycles. The lowest BCUT2D eigenvalue weighted by atomic mass is 9.95. The van der Waals surface area contributed by atoms with Crippen molar-refractivity contribution in [2.75, 3.05) is 6.61 Å². The molecule has 1 N–H and O–H groups in total. The second kappa shape index (κ2) is 6.63. The first-order valence-corrected chi connectivity index (χ1v) is 8.04. The van der Waals surface area contributed by atoms with Crippen LogP contribution in [0.5, 0.6) is 11.5 Å². The molecular weight excluding hydrogens is 288 g/mol. The zero-order valence-electron chi connectivity index (χ0n) is 14.0. The normalized spacial score (nSPS) is 13.7. The summed E-state index contributed by atoms with van der Waals surface area (Å²) in [4.78, 5) is 0. The van der Waals surface area contributed by atoms with Gasteiger partial charge in [0.05, 0.1) is 0 Å². The molecule has 0 aromatic heterocycles. The van der Waals surface area contributed by atoms with E-state index in [0.717, 1.165) is 46.3 Å². The number of rotatable bonds is 5. The van der Waals surface area contributed by atoms with E-state index in [9.17, 15) is 0 Å². The molecule has 0 bridgehead atoms. The minimum Gasteiger partial charge on any atom is -0.488 e. The van der Waals surface area contributed by atoms with Crippen molar-refractivity contribution >= 4 is 0 Å². The Hall–Kier alpha value is -2.00. The number of hydrogen-bond donors (Lipinski definition) is 1. The number of aliphatic hydroxyl groups excluding tert-OH is 1. The van der Waals surface area contributed by atoms with E-state index in [1.54, 1.807) is 0 Å². The van der Waals surface area contributed by atoms with Gasteiger partial charge in [0.25, 0.3) is 0 Å². The van der Waals surface area contributed by atoms with Crippen molar-refractivity contribution < 1.29 is 14.6 Å². The summed E-state index contributed by atoms with van der Waals surface area (Å²) in [5.41, 5.74) is 5.75. The smallest absolute Gasteiger partial charge is 0.155 e. The van der Waals surface area contributed by atoms with Crippen LogP contribution in [0.1, 0.15) is 34.2 Å². The zero-order chi connectivity index (χ0) is 16.4. The summed E-state index contributed by atoms with van der Waals surface area (Å²) in [6, 6.07) is 10.2. The maximum atomic E-state index is 9.14. The number of ether oxygens (including phenoxy) is 2. The van der Waals surface area contributed by atoms with Gasteiger partial charge in [0.15, 0.2) is 6.10 Å². The Morgan fingerprint density at radius 2 is 1.78 bits per heavy atom. The lowest BCUT2D eigenvalue weighted by molar-refractivity contribution is 0.242. The molecule has 0 unspecified atom stereocenters. The monoisotopic (exact) mass is 311 g/mol. The van der Waals surface area contributed by atoms with E-state index in [1.807, 2.05) is 18.2 Å². The van der Waals surface area contributed by atoms with Gasteiger partial charge in [-0.1, -0.05) is 30.3 Å². The van der Waals surface area contributed by atoms with Gasteiger partial charge in [-0.15, -0.1) is 0 Å². The fourth-order valence-corrected chi connectivity index (χ4v) is 3.09. The molecule has 3 heteroatoms. The van der Waals surface area contributed by atoms with E-state index >= 15 is 0 Å². The fraction of sp³-hybridized carbons (Fsp3) is 0.350. The highest BCUT2D eigenvalue weighted by molar-refractivity contribution is 5.60. The van der Waals surface area contributed by atoms with E-state index < -0.39 is 0 Å². The van der Waals surface area contributed by atoms with Crippen LogP contribution in [0.4, 0.5) is 0 Å². The third-order valence-electron chi connectivity index (χ3n) is 4.55. The highest BCUT2D eigenvalue weighted by Gasteiger charge is 2.30. The van der Waals surface area contributed by atoms with Gasteiger partial charge in [-0.2, -0.15) is 0 Å². The molecule has 3 rings (SSSR count). The van der Waals surface area contributed by atoms with Crippen molar-refractivity contribution in [2.24, 2.45) is 0 Å². The molecule has 2 aromatic rings. The number of hydrogen-bond acceptors (Lipinski definition) is 3. The molecule has 3 nitrogen and oxygen atoms in total. The highest BCUT2D eigenvalue weighted by atomic mass is 16.5. The molecule has 0 saturated carbocycles. The largest absolute Gasteiger partial charge is 0.488 e. The van der Waals surface area contributed by atoms with Gasteiger partial charge < -0.3 is 14.6 Å². The van der Waals surface area contributed by atoms with Crippen LogP contribution in [0.25, 0.3) is 0 Å². The van der Waals surface area contributed by atoms with Crippen LogP contribution in [0.3, 0.4) is 0 Å². The standard InChI is InChI=1S/C20H23O3/c1-13-14(2)20-18(11-17(23-20)9-10-21)15(3)19(13)22-12-16-7-5-4-6-8-16/h4-8,21H,9-12H2,1-3H3. The fourth-order valence-electron chi connectivity index (χ4n) is 3.09. The summed E-state index contributed by atoms with van der Waals surface area (Å²) in [6.45, 7) is 6.94. The lowest BCUT2D eigenvalue weighted by Gasteiger charge is -2.18. The van der Waals surface area contributed by atoms with E-state index in [-0.39, 0.29) is 6.61 Å². The first-order valence-electron chi connectivity index (χ1n) is 8.04. The predicted octanol–water partition coefficient (Wildman–Crippen LogP) is 4.04. The molecule has 0 spiro atoms. The number of aliphatic hydroxyl groups is 1. The quantitative estimate of drug-likeness (QED) is 0.905. The first-order chi connectivity index (χ1) is 11.1. The van der Waals surface area contributed by atoms with Crippen molar-refractivity contribution in [2.45, 2.75) is 40.2 Å². The molecule has 121 valence electrons. The summed E-state index contributed by atoms with van der Waals surface area (Å²) < 4.78 is 12.1. The molecule has 1 radical (unpaired) electrons. The van der Waals surface area contributed by atoms with Gasteiger partial charge in [0.2, 0.25) is 0 Å². The topological polar surface area (TPSA) is 38.7 Å². The van der Waals surface area contributed by atoms with Gasteiger partial charge in [0, 0.05) is 25.0 Å². The van der Waals surface area contributed by atoms with E-state index in [4.69, 9.17) is 14.6 Å². The van der Waals surface area contributed by atoms with E-state index in [0.29, 0.717) is 13.0 Å². The summed E-state index contributed by atoms with van der Waals surface area (Å²) in [5.74, 6) is 1.91. The molecule has 1 aliphatic heterocycles. The molecule has 1 aliphatic rings. The van der Waals surface area contributed by atoms with E-state index in [2.05, 4.69) is 32.9 Å². The zero-order valence-corrected chi connectivity index (χ0v) is 14.0. The summed E-state index contributed by atoms with van der Waals surface area (Å²) in [5, 5.41) is 9.14. The van der Waals surface area contributed by atoms with Gasteiger partial charge in [-0.25, -0.2) is 0 Å². The second-order valence-corrected chi connectivity index (χ2v) is 6.08. The van der Waals surface area contributed by atoms with Crippen molar-refractivity contribution in [1.29, 1.82) is 0 Å². The molecule has 0 amide bonds. The van der Waals surface area contributed by atoms with Crippen LogP contribution in [0, 0.1) is 26.9 Å². The van der Waals surface area contributed by atoms with Crippen LogP contribution in [-0.2, 0) is 13.0 Å². The predicted molar refractivity (Wildman–Crippen MR) is 90.7 cm³/mol. The third-order valence-corrected chi connectivity index (χ3v) is 4.55. The van der Waals surface area contributed by atoms with Crippen molar-refractivity contribution in [1.82, 2.24) is 0 Å². The molecular formula is C20H23O3. The van der Waals surface area contributed by atoms with Crippen molar-refractivity contribution in [3.63, 3.8) is 0 Å². The first kappa shape index (κ1) is 15.9. The Morgan fingerprint density at radius 3 is 2.48 bits per heavy atom. The van der Waals surface area contributed by atoms with Crippen LogP contribution >= 0.6 is 0 Å². The lowest BCUT2D eigenvalue weighted by Crippen LogP contribution is -2.04. The van der Waals surface area contributed by atoms with Crippen LogP contribution in [-0.4, -0.2) is 11.7 Å². The summed E-state index contributed by atoms with van der Waals surface area (Å²) in [7, 11) is 0. The molecule has 23 heavy (non-hydrogen) atoms.